The number of carbonyl (C=O) groups is 2. The van der Waals surface area contributed by atoms with Gasteiger partial charge < -0.3 is 12.4 Å². The lowest BCUT2D eigenvalue weighted by molar-refractivity contribution is -0.757. The summed E-state index contributed by atoms with van der Waals surface area (Å²) >= 11 is 0. The van der Waals surface area contributed by atoms with Gasteiger partial charge in [0.15, 0.2) is 0 Å². The van der Waals surface area contributed by atoms with Gasteiger partial charge in [0.1, 0.15) is 13.1 Å². The van der Waals surface area contributed by atoms with Crippen molar-refractivity contribution in [2.75, 3.05) is 0 Å². The van der Waals surface area contributed by atoms with Crippen LogP contribution in [0.3, 0.4) is 0 Å². The summed E-state index contributed by atoms with van der Waals surface area (Å²) in [5.74, 6) is -0.112. The molecule has 1 aliphatic rings. The highest BCUT2D eigenvalue weighted by molar-refractivity contribution is 6.26. The maximum atomic E-state index is 13.4. The molecule has 0 bridgehead atoms. The van der Waals surface area contributed by atoms with Gasteiger partial charge in [-0.1, -0.05) is 128 Å². The lowest BCUT2D eigenvalue weighted by Gasteiger charge is -2.11. The summed E-state index contributed by atoms with van der Waals surface area (Å²) in [7, 11) is 0. The minimum Gasteiger partial charge on any atom is -1.00 e. The monoisotopic (exact) mass is 543 g/mol. The van der Waals surface area contributed by atoms with Crippen molar-refractivity contribution >= 4 is 11.6 Å². The van der Waals surface area contributed by atoms with Crippen LogP contribution in [0.2, 0.25) is 0 Å². The zero-order valence-electron chi connectivity index (χ0n) is 24.0. The third-order valence-corrected chi connectivity index (χ3v) is 7.75. The smallest absolute Gasteiger partial charge is 0.249 e. The van der Waals surface area contributed by atoms with Gasteiger partial charge in [0, 0.05) is 11.1 Å². The zero-order chi connectivity index (χ0) is 26.3. The molecule has 3 rings (SSSR count). The molecule has 1 aliphatic carbocycles. The lowest BCUT2D eigenvalue weighted by atomic mass is 9.90. The Morgan fingerprint density at radius 3 is 1.61 bits per heavy atom. The van der Waals surface area contributed by atoms with E-state index in [1.54, 1.807) is 12.1 Å². The summed E-state index contributed by atoms with van der Waals surface area (Å²) in [4.78, 5) is 26.9. The Labute approximate surface area is 237 Å². The number of benzene rings is 1. The van der Waals surface area contributed by atoms with Crippen molar-refractivity contribution in [1.82, 2.24) is 9.90 Å². The normalized spacial score (nSPS) is 12.4. The van der Waals surface area contributed by atoms with Gasteiger partial charge in [-0.2, -0.15) is 0 Å². The fraction of sp³-hybridized carbons (Fsp3) is 0.688. The second-order valence-electron chi connectivity index (χ2n) is 10.9. The predicted molar refractivity (Wildman–Crippen MR) is 150 cm³/mol. The Kier molecular flexibility index (Phi) is 15.5. The van der Waals surface area contributed by atoms with Crippen molar-refractivity contribution in [3.63, 3.8) is 0 Å². The summed E-state index contributed by atoms with van der Waals surface area (Å²) in [6.45, 7) is 5.91. The number of carbonyl (C=O) groups excluding carboxylic acids is 2. The topological polar surface area (TPSA) is 55.8 Å². The van der Waals surface area contributed by atoms with Crippen molar-refractivity contribution in [1.29, 1.82) is 0 Å². The number of aromatic nitrogens is 3. The third kappa shape index (κ3) is 9.32. The molecular formula is C32H50ClN3O2. The van der Waals surface area contributed by atoms with Gasteiger partial charge in [0.05, 0.1) is 5.21 Å². The molecule has 6 heteroatoms. The second kappa shape index (κ2) is 18.3. The zero-order valence-corrected chi connectivity index (χ0v) is 24.7. The molecule has 0 amide bonds. The van der Waals surface area contributed by atoms with Crippen LogP contribution in [0.1, 0.15) is 162 Å². The first-order chi connectivity index (χ1) is 18.2. The number of aryl methyl sites for hydroxylation is 2. The van der Waals surface area contributed by atoms with Crippen LogP contribution in [-0.4, -0.2) is 21.5 Å². The minimum atomic E-state index is -0.0564. The van der Waals surface area contributed by atoms with E-state index in [-0.39, 0.29) is 24.0 Å². The van der Waals surface area contributed by atoms with E-state index >= 15 is 0 Å². The molecule has 0 fully saturated rings. The summed E-state index contributed by atoms with van der Waals surface area (Å²) in [5, 5.41) is 4.80. The summed E-state index contributed by atoms with van der Waals surface area (Å²) in [6, 6.07) is 7.23. The minimum absolute atomic E-state index is 0. The van der Waals surface area contributed by atoms with Crippen molar-refractivity contribution in [3.8, 4) is 0 Å². The van der Waals surface area contributed by atoms with Crippen LogP contribution in [0.4, 0.5) is 0 Å². The highest BCUT2D eigenvalue weighted by Gasteiger charge is 2.42. The largest absolute Gasteiger partial charge is 1.00 e. The summed E-state index contributed by atoms with van der Waals surface area (Å²) in [5.41, 5.74) is 2.03. The number of rotatable bonds is 20. The molecule has 0 atom stereocenters. The van der Waals surface area contributed by atoms with Gasteiger partial charge in [-0.3, -0.25) is 9.59 Å². The highest BCUT2D eigenvalue weighted by Crippen LogP contribution is 2.25. The van der Waals surface area contributed by atoms with Crippen LogP contribution in [0.5, 0.6) is 0 Å². The van der Waals surface area contributed by atoms with E-state index in [9.17, 15) is 9.59 Å². The van der Waals surface area contributed by atoms with Gasteiger partial charge in [-0.25, -0.2) is 0 Å². The molecule has 0 spiro atoms. The molecule has 2 aromatic rings. The standard InChI is InChI=1S/C32H50N3O2.ClH/c1-3-5-7-9-11-13-14-16-18-22-26-35-30-29(31(36)27-23-19-20-24-28(27)32(30)37)34(33-35)25-21-17-15-12-10-8-6-4-2;/h19-20,23-24H,3-18,21-22,25-26H2,1-2H3;1H/q+1;/p-1. The quantitative estimate of drug-likeness (QED) is 0.149. The molecule has 0 saturated heterocycles. The Morgan fingerprint density at radius 1 is 0.632 bits per heavy atom. The lowest BCUT2D eigenvalue weighted by Crippen LogP contribution is -3.00. The van der Waals surface area contributed by atoms with E-state index in [1.807, 2.05) is 21.5 Å². The van der Waals surface area contributed by atoms with E-state index in [0.29, 0.717) is 35.6 Å². The van der Waals surface area contributed by atoms with Gasteiger partial charge in [-0.15, -0.1) is 9.36 Å². The van der Waals surface area contributed by atoms with Crippen LogP contribution < -0.4 is 17.1 Å². The van der Waals surface area contributed by atoms with Crippen molar-refractivity contribution in [2.24, 2.45) is 0 Å². The molecule has 38 heavy (non-hydrogen) atoms. The van der Waals surface area contributed by atoms with E-state index in [2.05, 4.69) is 13.8 Å². The van der Waals surface area contributed by atoms with Crippen molar-refractivity contribution in [2.45, 2.75) is 143 Å². The van der Waals surface area contributed by atoms with E-state index in [1.165, 1.54) is 89.9 Å². The number of hydrogen-bond acceptors (Lipinski definition) is 3. The molecular weight excluding hydrogens is 494 g/mol. The van der Waals surface area contributed by atoms with Gasteiger partial charge >= 0.3 is 0 Å². The molecule has 0 aliphatic heterocycles. The first kappa shape index (κ1) is 32.2. The Hall–Kier alpha value is -2.01. The molecule has 1 aromatic heterocycles. The summed E-state index contributed by atoms with van der Waals surface area (Å²) < 4.78 is 3.67. The number of halogens is 1. The highest BCUT2D eigenvalue weighted by atomic mass is 35.5. The van der Waals surface area contributed by atoms with E-state index in [4.69, 9.17) is 5.21 Å². The second-order valence-corrected chi connectivity index (χ2v) is 10.9. The maximum absolute atomic E-state index is 13.4. The van der Waals surface area contributed by atoms with Crippen molar-refractivity contribution in [3.05, 3.63) is 46.8 Å². The molecule has 0 saturated carbocycles. The maximum Gasteiger partial charge on any atom is 0.249 e. The number of ketones is 2. The first-order valence-corrected chi connectivity index (χ1v) is 15.4. The van der Waals surface area contributed by atoms with Crippen LogP contribution in [-0.2, 0) is 13.1 Å². The molecule has 0 N–H and O–H groups in total. The average Bonchev–Trinajstić information content (AvgIpc) is 3.28. The average molecular weight is 544 g/mol. The number of nitrogens with zero attached hydrogens (tertiary/aromatic N) is 3. The third-order valence-electron chi connectivity index (χ3n) is 7.75. The fourth-order valence-electron chi connectivity index (χ4n) is 5.51. The first-order valence-electron chi connectivity index (χ1n) is 15.4. The number of unbranched alkanes of at least 4 members (excludes halogenated alkanes) is 16. The van der Waals surface area contributed by atoms with Crippen LogP contribution in [0, 0.1) is 0 Å². The summed E-state index contributed by atoms with van der Waals surface area (Å²) in [6.07, 6.45) is 22.6. The molecule has 1 aromatic carbocycles. The van der Waals surface area contributed by atoms with Gasteiger partial charge in [-0.05, 0) is 25.7 Å². The fourth-order valence-corrected chi connectivity index (χ4v) is 5.51. The van der Waals surface area contributed by atoms with Gasteiger partial charge in [0.2, 0.25) is 23.0 Å². The molecule has 0 radical (unpaired) electrons. The van der Waals surface area contributed by atoms with E-state index in [0.717, 1.165) is 25.7 Å². The van der Waals surface area contributed by atoms with Crippen LogP contribution in [0.15, 0.2) is 24.3 Å². The molecule has 212 valence electrons. The molecule has 1 heterocycles. The number of hydrogen-bond donors (Lipinski definition) is 0. The molecule has 5 nitrogen and oxygen atoms in total. The molecule has 0 unspecified atom stereocenters. The Morgan fingerprint density at radius 2 is 1.08 bits per heavy atom. The van der Waals surface area contributed by atoms with Crippen LogP contribution >= 0.6 is 0 Å². The van der Waals surface area contributed by atoms with E-state index < -0.39 is 0 Å². The van der Waals surface area contributed by atoms with Crippen LogP contribution in [0.25, 0.3) is 0 Å². The van der Waals surface area contributed by atoms with Gasteiger partial charge in [0.25, 0.3) is 0 Å². The van der Waals surface area contributed by atoms with Crippen molar-refractivity contribution < 1.29 is 26.7 Å². The number of fused-ring (bicyclic) bond motifs is 2. The predicted octanol–water partition coefficient (Wildman–Crippen LogP) is 5.01. The SMILES string of the molecule is CCCCCCCCCCCC[n+]1nn(CCCCCCCCCC)c2c1C(=O)c1ccccc1C2=O.[Cl-]. The Bertz CT molecular complexity index is 985. The Balaban J connectivity index is 0.00000507.